The standard InChI is InChI=1S/C35H48N4O7S/c1-25-21-39(26(2)24-40)35(41)32-20-29(37-47(42,43)31-12-10-30(44-5)11-13-31)9-14-33(32)46-27(3)8-6-7-19-45-34(25)23-38(4)22-28-15-17-36-18-16-28/h9-18,20,25-27,34,37,40H,6-8,19,21-24H2,1-5H3/t25-,26-,27+,34-/m1/s1. The summed E-state index contributed by atoms with van der Waals surface area (Å²) in [6, 6.07) is 14.2. The molecule has 1 aliphatic heterocycles. The van der Waals surface area contributed by atoms with Gasteiger partial charge < -0.3 is 24.2 Å². The number of anilines is 1. The number of hydrogen-bond donors (Lipinski definition) is 2. The first kappa shape index (κ1) is 36.1. The highest BCUT2D eigenvalue weighted by Crippen LogP contribution is 2.30. The van der Waals surface area contributed by atoms with Gasteiger partial charge in [-0.05, 0) is 100 Å². The topological polar surface area (TPSA) is 131 Å². The van der Waals surface area contributed by atoms with Crippen molar-refractivity contribution in [3.63, 3.8) is 0 Å². The number of rotatable bonds is 10. The number of pyridine rings is 1. The number of hydrogen-bond acceptors (Lipinski definition) is 9. The van der Waals surface area contributed by atoms with Crippen LogP contribution in [0.3, 0.4) is 0 Å². The molecule has 0 saturated heterocycles. The van der Waals surface area contributed by atoms with E-state index in [9.17, 15) is 18.3 Å². The number of sulfonamides is 1. The summed E-state index contributed by atoms with van der Waals surface area (Å²) in [6.07, 6.45) is 5.68. The van der Waals surface area contributed by atoms with Crippen LogP contribution in [0, 0.1) is 5.92 Å². The zero-order chi connectivity index (χ0) is 34.0. The van der Waals surface area contributed by atoms with Gasteiger partial charge in [0.1, 0.15) is 11.5 Å². The molecule has 1 aromatic heterocycles. The molecule has 0 saturated carbocycles. The predicted octanol–water partition coefficient (Wildman–Crippen LogP) is 4.82. The summed E-state index contributed by atoms with van der Waals surface area (Å²) in [7, 11) is -0.408. The van der Waals surface area contributed by atoms with Crippen molar-refractivity contribution in [3.8, 4) is 11.5 Å². The maximum Gasteiger partial charge on any atom is 0.261 e. The Morgan fingerprint density at radius 3 is 2.51 bits per heavy atom. The Kier molecular flexibility index (Phi) is 13.0. The van der Waals surface area contributed by atoms with Crippen molar-refractivity contribution in [2.75, 3.05) is 45.2 Å². The van der Waals surface area contributed by atoms with Crippen molar-refractivity contribution in [1.82, 2.24) is 14.8 Å². The molecule has 256 valence electrons. The van der Waals surface area contributed by atoms with Crippen LogP contribution in [0.25, 0.3) is 0 Å². The van der Waals surface area contributed by atoms with Gasteiger partial charge in [-0.1, -0.05) is 6.92 Å². The Balaban J connectivity index is 1.64. The van der Waals surface area contributed by atoms with Gasteiger partial charge in [-0.25, -0.2) is 8.42 Å². The van der Waals surface area contributed by atoms with Crippen LogP contribution in [0.4, 0.5) is 5.69 Å². The predicted molar refractivity (Wildman–Crippen MR) is 181 cm³/mol. The summed E-state index contributed by atoms with van der Waals surface area (Å²) < 4.78 is 47.0. The SMILES string of the molecule is COc1ccc(S(=O)(=O)Nc2ccc3c(c2)C(=O)N([C@H](C)CO)C[C@@H](C)[C@@H](CN(C)Cc2ccncc2)OCCCC[C@H](C)O3)cc1. The summed E-state index contributed by atoms with van der Waals surface area (Å²) in [5, 5.41) is 10.2. The third kappa shape index (κ3) is 10.1. The fourth-order valence-electron chi connectivity index (χ4n) is 5.59. The second-order valence-electron chi connectivity index (χ2n) is 12.3. The van der Waals surface area contributed by atoms with Crippen molar-refractivity contribution in [3.05, 3.63) is 78.1 Å². The molecule has 4 atom stereocenters. The van der Waals surface area contributed by atoms with Gasteiger partial charge in [-0.3, -0.25) is 19.4 Å². The first-order valence-corrected chi connectivity index (χ1v) is 17.6. The number of nitrogens with one attached hydrogen (secondary N) is 1. The molecule has 4 rings (SSSR count). The molecule has 3 aromatic rings. The van der Waals surface area contributed by atoms with Crippen LogP contribution in [-0.2, 0) is 21.3 Å². The second kappa shape index (κ2) is 16.9. The summed E-state index contributed by atoms with van der Waals surface area (Å²) in [5.74, 6) is 0.440. The number of carbonyl (C=O) groups excluding carboxylic acids is 1. The summed E-state index contributed by atoms with van der Waals surface area (Å²) >= 11 is 0. The molecule has 1 aliphatic rings. The molecule has 0 radical (unpaired) electrons. The van der Waals surface area contributed by atoms with E-state index in [4.69, 9.17) is 14.2 Å². The zero-order valence-electron chi connectivity index (χ0n) is 28.0. The number of ether oxygens (including phenoxy) is 3. The minimum Gasteiger partial charge on any atom is -0.497 e. The minimum atomic E-state index is -3.96. The third-order valence-corrected chi connectivity index (χ3v) is 9.76. The van der Waals surface area contributed by atoms with Crippen LogP contribution >= 0.6 is 0 Å². The van der Waals surface area contributed by atoms with E-state index < -0.39 is 16.1 Å². The maximum absolute atomic E-state index is 14.4. The lowest BCUT2D eigenvalue weighted by molar-refractivity contribution is -0.0177. The van der Waals surface area contributed by atoms with E-state index in [1.807, 2.05) is 26.1 Å². The number of aliphatic hydroxyl groups is 1. The van der Waals surface area contributed by atoms with Gasteiger partial charge >= 0.3 is 0 Å². The monoisotopic (exact) mass is 668 g/mol. The Bertz CT molecular complexity index is 1540. The lowest BCUT2D eigenvalue weighted by Gasteiger charge is -2.36. The van der Waals surface area contributed by atoms with Gasteiger partial charge in [-0.15, -0.1) is 0 Å². The number of likely N-dealkylation sites (N-methyl/N-ethyl adjacent to an activating group) is 1. The van der Waals surface area contributed by atoms with Crippen molar-refractivity contribution >= 4 is 21.6 Å². The average molecular weight is 669 g/mol. The molecule has 0 aliphatic carbocycles. The lowest BCUT2D eigenvalue weighted by Crippen LogP contribution is -2.47. The molecule has 1 amide bonds. The van der Waals surface area contributed by atoms with E-state index in [0.29, 0.717) is 31.2 Å². The highest BCUT2D eigenvalue weighted by molar-refractivity contribution is 7.92. The Morgan fingerprint density at radius 1 is 1.11 bits per heavy atom. The van der Waals surface area contributed by atoms with E-state index in [0.717, 1.165) is 31.4 Å². The number of methoxy groups -OCH3 is 1. The zero-order valence-corrected chi connectivity index (χ0v) is 28.8. The number of aliphatic hydroxyl groups excluding tert-OH is 1. The molecule has 0 bridgehead atoms. The normalized spacial score (nSPS) is 20.5. The quantitative estimate of drug-likeness (QED) is 0.312. The third-order valence-electron chi connectivity index (χ3n) is 8.37. The Labute approximate surface area is 278 Å². The van der Waals surface area contributed by atoms with E-state index in [1.165, 1.54) is 25.3 Å². The number of nitrogens with zero attached hydrogens (tertiary/aromatic N) is 3. The number of aromatic nitrogens is 1. The van der Waals surface area contributed by atoms with E-state index in [1.54, 1.807) is 48.5 Å². The molecule has 0 spiro atoms. The van der Waals surface area contributed by atoms with E-state index in [2.05, 4.69) is 21.5 Å². The highest BCUT2D eigenvalue weighted by atomic mass is 32.2. The van der Waals surface area contributed by atoms with Gasteiger partial charge in [0.15, 0.2) is 0 Å². The van der Waals surface area contributed by atoms with Gasteiger partial charge in [0.25, 0.3) is 15.9 Å². The van der Waals surface area contributed by atoms with E-state index >= 15 is 0 Å². The van der Waals surface area contributed by atoms with Crippen LogP contribution < -0.4 is 14.2 Å². The lowest BCUT2D eigenvalue weighted by atomic mass is 10.0. The van der Waals surface area contributed by atoms with Crippen molar-refractivity contribution in [1.29, 1.82) is 0 Å². The molecule has 2 N–H and O–H groups in total. The van der Waals surface area contributed by atoms with E-state index in [-0.39, 0.29) is 46.8 Å². The van der Waals surface area contributed by atoms with Crippen LogP contribution in [0.5, 0.6) is 11.5 Å². The van der Waals surface area contributed by atoms with Crippen LogP contribution in [0.2, 0.25) is 0 Å². The van der Waals surface area contributed by atoms with Crippen LogP contribution in [-0.4, -0.2) is 92.9 Å². The van der Waals surface area contributed by atoms with Gasteiger partial charge in [0.05, 0.1) is 42.4 Å². The Morgan fingerprint density at radius 2 is 1.83 bits per heavy atom. The van der Waals surface area contributed by atoms with Crippen LogP contribution in [0.1, 0.15) is 56.0 Å². The smallest absolute Gasteiger partial charge is 0.261 e. The molecule has 11 nitrogen and oxygen atoms in total. The second-order valence-corrected chi connectivity index (χ2v) is 14.0. The van der Waals surface area contributed by atoms with Gasteiger partial charge in [-0.2, -0.15) is 0 Å². The maximum atomic E-state index is 14.4. The Hall–Kier alpha value is -3.71. The number of carbonyl (C=O) groups is 1. The van der Waals surface area contributed by atoms with Gasteiger partial charge in [0, 0.05) is 50.2 Å². The average Bonchev–Trinajstić information content (AvgIpc) is 3.06. The molecule has 2 heterocycles. The fraction of sp³-hybridized carbons (Fsp3) is 0.486. The van der Waals surface area contributed by atoms with Gasteiger partial charge in [0.2, 0.25) is 0 Å². The molecular weight excluding hydrogens is 620 g/mol. The summed E-state index contributed by atoms with van der Waals surface area (Å²) in [4.78, 5) is 22.4. The first-order valence-electron chi connectivity index (χ1n) is 16.1. The minimum absolute atomic E-state index is 0.0545. The van der Waals surface area contributed by atoms with Crippen molar-refractivity contribution in [2.45, 2.75) is 69.7 Å². The number of fused-ring (bicyclic) bond motifs is 1. The molecule has 12 heteroatoms. The number of amides is 1. The molecule has 2 aromatic carbocycles. The van der Waals surface area contributed by atoms with Crippen LogP contribution in [0.15, 0.2) is 71.9 Å². The summed E-state index contributed by atoms with van der Waals surface area (Å²) in [6.45, 7) is 7.82. The van der Waals surface area contributed by atoms with Crippen molar-refractivity contribution < 1.29 is 32.5 Å². The molecule has 47 heavy (non-hydrogen) atoms. The highest BCUT2D eigenvalue weighted by Gasteiger charge is 2.30. The van der Waals surface area contributed by atoms with Crippen molar-refractivity contribution in [2.24, 2.45) is 5.92 Å². The summed E-state index contributed by atoms with van der Waals surface area (Å²) in [5.41, 5.74) is 1.57. The number of benzene rings is 2. The molecule has 0 fully saturated rings. The molecular formula is C35H48N4O7S. The largest absolute Gasteiger partial charge is 0.497 e. The molecule has 0 unspecified atom stereocenters. The fourth-order valence-corrected chi connectivity index (χ4v) is 6.64. The first-order chi connectivity index (χ1) is 22.5.